The Kier molecular flexibility index (Phi) is 5.18. The number of thiocarbonyl (C=S) groups is 1. The molecule has 0 aliphatic carbocycles. The molecule has 0 saturated carbocycles. The molecule has 148 valence electrons. The van der Waals surface area contributed by atoms with Crippen molar-refractivity contribution in [3.8, 4) is 0 Å². The molecular weight excluding hydrogens is 388 g/mol. The number of aromatic nitrogens is 1. The van der Waals surface area contributed by atoms with Crippen LogP contribution in [0, 0.1) is 0 Å². The second kappa shape index (κ2) is 7.92. The first-order chi connectivity index (χ1) is 14.1. The zero-order chi connectivity index (χ0) is 20.4. The van der Waals surface area contributed by atoms with E-state index in [1.54, 1.807) is 18.4 Å². The van der Waals surface area contributed by atoms with Crippen LogP contribution in [-0.2, 0) is 22.7 Å². The maximum absolute atomic E-state index is 12.5. The molecule has 0 bridgehead atoms. The number of likely N-dealkylation sites (N-methyl/N-ethyl adjacent to an activating group) is 1. The van der Waals surface area contributed by atoms with Crippen molar-refractivity contribution in [1.29, 1.82) is 0 Å². The number of benzene rings is 1. The van der Waals surface area contributed by atoms with Crippen molar-refractivity contribution in [2.45, 2.75) is 20.0 Å². The number of carbonyl (C=O) groups excluding carboxylic acids is 2. The number of para-hydroxylation sites is 1. The molecule has 0 unspecified atom stereocenters. The highest BCUT2D eigenvalue weighted by atomic mass is 32.1. The minimum Gasteiger partial charge on any atom is -0.467 e. The first kappa shape index (κ1) is 18.9. The third kappa shape index (κ3) is 3.79. The van der Waals surface area contributed by atoms with Gasteiger partial charge in [-0.3, -0.25) is 14.5 Å². The Morgan fingerprint density at radius 3 is 2.83 bits per heavy atom. The van der Waals surface area contributed by atoms with Gasteiger partial charge in [-0.25, -0.2) is 0 Å². The highest BCUT2D eigenvalue weighted by molar-refractivity contribution is 7.80. The fourth-order valence-electron chi connectivity index (χ4n) is 3.34. The largest absolute Gasteiger partial charge is 0.467 e. The van der Waals surface area contributed by atoms with Gasteiger partial charge in [0.1, 0.15) is 18.0 Å². The van der Waals surface area contributed by atoms with Crippen molar-refractivity contribution in [2.75, 3.05) is 6.54 Å². The lowest BCUT2D eigenvalue weighted by Gasteiger charge is -2.08. The van der Waals surface area contributed by atoms with Crippen LogP contribution in [0.25, 0.3) is 17.0 Å². The van der Waals surface area contributed by atoms with Crippen LogP contribution in [0.4, 0.5) is 0 Å². The number of nitrogens with one attached hydrogen (secondary N) is 2. The van der Waals surface area contributed by atoms with Crippen LogP contribution in [0.5, 0.6) is 0 Å². The predicted octanol–water partition coefficient (Wildman–Crippen LogP) is 2.63. The molecule has 1 fully saturated rings. The van der Waals surface area contributed by atoms with E-state index in [0.29, 0.717) is 29.7 Å². The fourth-order valence-corrected chi connectivity index (χ4v) is 3.67. The molecule has 0 atom stereocenters. The molecule has 3 heterocycles. The minimum atomic E-state index is -0.148. The average molecular weight is 408 g/mol. The fraction of sp³-hybridized carbons (Fsp3) is 0.190. The van der Waals surface area contributed by atoms with Crippen LogP contribution in [0.1, 0.15) is 18.2 Å². The summed E-state index contributed by atoms with van der Waals surface area (Å²) in [5.74, 6) is 0.420. The highest BCUT2D eigenvalue weighted by Crippen LogP contribution is 2.24. The number of rotatable bonds is 6. The van der Waals surface area contributed by atoms with Gasteiger partial charge >= 0.3 is 0 Å². The molecular formula is C21H20N4O3S. The number of hydrogen-bond acceptors (Lipinski definition) is 4. The van der Waals surface area contributed by atoms with Crippen molar-refractivity contribution >= 4 is 46.1 Å². The van der Waals surface area contributed by atoms with Gasteiger partial charge in [-0.15, -0.1) is 0 Å². The number of amides is 2. The van der Waals surface area contributed by atoms with Gasteiger partial charge in [-0.1, -0.05) is 18.2 Å². The number of nitrogens with zero attached hydrogens (tertiary/aromatic N) is 2. The average Bonchev–Trinajstić information content (AvgIpc) is 3.41. The van der Waals surface area contributed by atoms with E-state index in [4.69, 9.17) is 16.6 Å². The maximum atomic E-state index is 12.5. The van der Waals surface area contributed by atoms with Crippen molar-refractivity contribution < 1.29 is 14.0 Å². The van der Waals surface area contributed by atoms with E-state index >= 15 is 0 Å². The molecule has 2 aromatic heterocycles. The molecule has 7 nitrogen and oxygen atoms in total. The summed E-state index contributed by atoms with van der Waals surface area (Å²) >= 11 is 5.22. The monoisotopic (exact) mass is 408 g/mol. The van der Waals surface area contributed by atoms with Gasteiger partial charge in [0.25, 0.3) is 5.91 Å². The summed E-state index contributed by atoms with van der Waals surface area (Å²) in [6.07, 6.45) is 5.23. The second-order valence-electron chi connectivity index (χ2n) is 6.62. The molecule has 4 rings (SSSR count). The maximum Gasteiger partial charge on any atom is 0.276 e. The number of carbonyl (C=O) groups is 2. The van der Waals surface area contributed by atoms with Crippen LogP contribution in [-0.4, -0.2) is 32.9 Å². The molecule has 1 saturated heterocycles. The minimum absolute atomic E-state index is 0.130. The Hall–Kier alpha value is -3.39. The van der Waals surface area contributed by atoms with Gasteiger partial charge in [0.05, 0.1) is 12.8 Å². The third-order valence-electron chi connectivity index (χ3n) is 4.75. The summed E-state index contributed by atoms with van der Waals surface area (Å²) < 4.78 is 7.11. The molecule has 3 aromatic rings. The SMILES string of the molecule is CCN1C(=O)/C(=C/c2cn(CC(=O)NCc3ccco3)c3ccccc23)NC1=S. The molecule has 0 spiro atoms. The summed E-state index contributed by atoms with van der Waals surface area (Å²) in [5.41, 5.74) is 2.19. The zero-order valence-electron chi connectivity index (χ0n) is 15.8. The Balaban J connectivity index is 1.59. The molecule has 1 aliphatic rings. The van der Waals surface area contributed by atoms with Gasteiger partial charge in [-0.05, 0) is 43.4 Å². The smallest absolute Gasteiger partial charge is 0.276 e. The van der Waals surface area contributed by atoms with E-state index in [2.05, 4.69) is 10.6 Å². The van der Waals surface area contributed by atoms with Crippen LogP contribution >= 0.6 is 12.2 Å². The summed E-state index contributed by atoms with van der Waals surface area (Å²) in [6.45, 7) is 2.89. The van der Waals surface area contributed by atoms with Crippen LogP contribution in [0.2, 0.25) is 0 Å². The zero-order valence-corrected chi connectivity index (χ0v) is 16.7. The Labute approximate surface area is 173 Å². The van der Waals surface area contributed by atoms with Crippen molar-refractivity contribution in [3.63, 3.8) is 0 Å². The van der Waals surface area contributed by atoms with Crippen LogP contribution in [0.15, 0.2) is 59.0 Å². The molecule has 1 aromatic carbocycles. The Bertz CT molecular complexity index is 1110. The quantitative estimate of drug-likeness (QED) is 0.484. The molecule has 29 heavy (non-hydrogen) atoms. The van der Waals surface area contributed by atoms with Crippen molar-refractivity contribution in [1.82, 2.24) is 20.1 Å². The summed E-state index contributed by atoms with van der Waals surface area (Å²) in [4.78, 5) is 26.4. The van der Waals surface area contributed by atoms with Gasteiger partial charge in [0.15, 0.2) is 5.11 Å². The first-order valence-corrected chi connectivity index (χ1v) is 9.69. The summed E-state index contributed by atoms with van der Waals surface area (Å²) in [6, 6.07) is 11.4. The van der Waals surface area contributed by atoms with Gasteiger partial charge < -0.3 is 19.6 Å². The van der Waals surface area contributed by atoms with Crippen molar-refractivity contribution in [2.24, 2.45) is 0 Å². The molecule has 2 amide bonds. The second-order valence-corrected chi connectivity index (χ2v) is 7.01. The Morgan fingerprint density at radius 2 is 2.10 bits per heavy atom. The standard InChI is InChI=1S/C21H20N4O3S/c1-2-25-20(27)17(23-21(25)29)10-14-12-24(18-8-4-3-7-16(14)18)13-19(26)22-11-15-6-5-9-28-15/h3-10,12H,2,11,13H2,1H3,(H,22,26)(H,23,29)/b17-10-. The van der Waals surface area contributed by atoms with Crippen molar-refractivity contribution in [3.05, 3.63) is 65.9 Å². The third-order valence-corrected chi connectivity index (χ3v) is 5.07. The first-order valence-electron chi connectivity index (χ1n) is 9.28. The molecule has 1 aliphatic heterocycles. The predicted molar refractivity (Wildman–Crippen MR) is 114 cm³/mol. The van der Waals surface area contributed by atoms with E-state index in [0.717, 1.165) is 16.5 Å². The molecule has 0 radical (unpaired) electrons. The molecule has 8 heteroatoms. The topological polar surface area (TPSA) is 79.5 Å². The molecule has 2 N–H and O–H groups in total. The number of fused-ring (bicyclic) bond motifs is 1. The van der Waals surface area contributed by atoms with E-state index < -0.39 is 0 Å². The highest BCUT2D eigenvalue weighted by Gasteiger charge is 2.29. The van der Waals surface area contributed by atoms with E-state index in [1.165, 1.54) is 4.90 Å². The van der Waals surface area contributed by atoms with Gasteiger partial charge in [0, 0.05) is 29.2 Å². The van der Waals surface area contributed by atoms with Gasteiger partial charge in [-0.2, -0.15) is 0 Å². The number of hydrogen-bond donors (Lipinski definition) is 2. The summed E-state index contributed by atoms with van der Waals surface area (Å²) in [5, 5.41) is 7.18. The lowest BCUT2D eigenvalue weighted by atomic mass is 10.1. The lowest BCUT2D eigenvalue weighted by molar-refractivity contribution is -0.122. The van der Waals surface area contributed by atoms with Gasteiger partial charge in [0.2, 0.25) is 5.91 Å². The Morgan fingerprint density at radius 1 is 1.28 bits per heavy atom. The summed E-state index contributed by atoms with van der Waals surface area (Å²) in [7, 11) is 0. The lowest BCUT2D eigenvalue weighted by Crippen LogP contribution is -2.30. The van der Waals surface area contributed by atoms with E-state index in [-0.39, 0.29) is 18.4 Å². The van der Waals surface area contributed by atoms with Crippen LogP contribution in [0.3, 0.4) is 0 Å². The normalized spacial score (nSPS) is 15.3. The van der Waals surface area contributed by atoms with Crippen LogP contribution < -0.4 is 10.6 Å². The van der Waals surface area contributed by atoms with E-state index in [9.17, 15) is 9.59 Å². The number of furan rings is 1. The van der Waals surface area contributed by atoms with E-state index in [1.807, 2.05) is 48.0 Å².